The van der Waals surface area contributed by atoms with Crippen molar-refractivity contribution in [3.63, 3.8) is 0 Å². The van der Waals surface area contributed by atoms with Crippen LogP contribution in [0.5, 0.6) is 0 Å². The number of esters is 1. The first-order valence-corrected chi connectivity index (χ1v) is 4.90. The molecule has 0 fully saturated rings. The highest BCUT2D eigenvalue weighted by molar-refractivity contribution is 5.66. The molecule has 1 atom stereocenters. The molecular formula is C12H20O2. The average Bonchev–Trinajstić information content (AvgIpc) is 2.10. The maximum absolute atomic E-state index is 10.8. The Balaban J connectivity index is 4.40. The number of carbonyl (C=O) groups is 1. The summed E-state index contributed by atoms with van der Waals surface area (Å²) in [5.41, 5.74) is 2.34. The molecule has 0 aromatic carbocycles. The van der Waals surface area contributed by atoms with Crippen molar-refractivity contribution >= 4 is 5.97 Å². The van der Waals surface area contributed by atoms with E-state index in [1.807, 2.05) is 33.8 Å². The summed E-state index contributed by atoms with van der Waals surface area (Å²) in [4.78, 5) is 10.8. The van der Waals surface area contributed by atoms with Gasteiger partial charge < -0.3 is 4.74 Å². The van der Waals surface area contributed by atoms with Crippen molar-refractivity contribution in [2.45, 2.75) is 47.1 Å². The van der Waals surface area contributed by atoms with Gasteiger partial charge in [0.15, 0.2) is 0 Å². The van der Waals surface area contributed by atoms with Crippen molar-refractivity contribution in [2.24, 2.45) is 0 Å². The molecule has 2 nitrogen and oxygen atoms in total. The quantitative estimate of drug-likeness (QED) is 0.509. The Bertz CT molecular complexity index is 245. The average molecular weight is 196 g/mol. The third-order valence-electron chi connectivity index (χ3n) is 2.01. The number of rotatable bonds is 4. The van der Waals surface area contributed by atoms with E-state index in [4.69, 9.17) is 4.74 Å². The molecule has 0 saturated carbocycles. The molecule has 1 unspecified atom stereocenters. The lowest BCUT2D eigenvalue weighted by atomic mass is 10.1. The SMILES string of the molecule is CC=C(C)C(CC=C(C)C)OC(C)=O. The maximum atomic E-state index is 10.8. The second kappa shape index (κ2) is 6.41. The summed E-state index contributed by atoms with van der Waals surface area (Å²) in [6.07, 6.45) is 4.72. The zero-order valence-electron chi connectivity index (χ0n) is 9.76. The van der Waals surface area contributed by atoms with Crippen LogP contribution in [0.2, 0.25) is 0 Å². The summed E-state index contributed by atoms with van der Waals surface area (Å²) < 4.78 is 5.20. The van der Waals surface area contributed by atoms with Gasteiger partial charge in [-0.1, -0.05) is 17.7 Å². The van der Waals surface area contributed by atoms with E-state index in [-0.39, 0.29) is 12.1 Å². The van der Waals surface area contributed by atoms with Gasteiger partial charge in [-0.25, -0.2) is 0 Å². The van der Waals surface area contributed by atoms with Crippen molar-refractivity contribution in [1.82, 2.24) is 0 Å². The Kier molecular flexibility index (Phi) is 5.93. The Morgan fingerprint density at radius 3 is 2.21 bits per heavy atom. The number of hydrogen-bond acceptors (Lipinski definition) is 2. The fraction of sp³-hybridized carbons (Fsp3) is 0.583. The van der Waals surface area contributed by atoms with E-state index in [1.54, 1.807) is 0 Å². The van der Waals surface area contributed by atoms with Crippen molar-refractivity contribution in [3.8, 4) is 0 Å². The molecule has 0 aromatic heterocycles. The molecule has 80 valence electrons. The predicted molar refractivity (Wildman–Crippen MR) is 59.0 cm³/mol. The highest BCUT2D eigenvalue weighted by atomic mass is 16.5. The zero-order chi connectivity index (χ0) is 11.1. The summed E-state index contributed by atoms with van der Waals surface area (Å²) in [5, 5.41) is 0. The highest BCUT2D eigenvalue weighted by Crippen LogP contribution is 2.12. The number of carbonyl (C=O) groups excluding carboxylic acids is 1. The van der Waals surface area contributed by atoms with Crippen LogP contribution in [0.1, 0.15) is 41.0 Å². The molecule has 0 radical (unpaired) electrons. The minimum atomic E-state index is -0.224. The first-order valence-electron chi connectivity index (χ1n) is 4.90. The van der Waals surface area contributed by atoms with Crippen LogP contribution in [-0.4, -0.2) is 12.1 Å². The monoisotopic (exact) mass is 196 g/mol. The summed E-state index contributed by atoms with van der Waals surface area (Å²) >= 11 is 0. The molecule has 0 amide bonds. The molecule has 0 rings (SSSR count). The molecule has 2 heteroatoms. The van der Waals surface area contributed by atoms with Crippen molar-refractivity contribution in [1.29, 1.82) is 0 Å². The van der Waals surface area contributed by atoms with Gasteiger partial charge in [-0.15, -0.1) is 0 Å². The topological polar surface area (TPSA) is 26.3 Å². The van der Waals surface area contributed by atoms with E-state index in [0.29, 0.717) is 0 Å². The first kappa shape index (κ1) is 12.9. The van der Waals surface area contributed by atoms with Gasteiger partial charge in [0.05, 0.1) is 0 Å². The third-order valence-corrected chi connectivity index (χ3v) is 2.01. The van der Waals surface area contributed by atoms with Crippen LogP contribution in [0.25, 0.3) is 0 Å². The normalized spacial score (nSPS) is 13.4. The summed E-state index contributed by atoms with van der Waals surface area (Å²) in [6, 6.07) is 0. The van der Waals surface area contributed by atoms with E-state index >= 15 is 0 Å². The lowest BCUT2D eigenvalue weighted by Crippen LogP contribution is -2.16. The fourth-order valence-corrected chi connectivity index (χ4v) is 1.06. The Hall–Kier alpha value is -1.05. The van der Waals surface area contributed by atoms with Crippen molar-refractivity contribution < 1.29 is 9.53 Å². The van der Waals surface area contributed by atoms with Crippen LogP contribution >= 0.6 is 0 Å². The van der Waals surface area contributed by atoms with Gasteiger partial charge in [0, 0.05) is 13.3 Å². The summed E-state index contributed by atoms with van der Waals surface area (Å²) in [5.74, 6) is -0.224. The molecule has 0 bridgehead atoms. The van der Waals surface area contributed by atoms with Crippen LogP contribution in [0.15, 0.2) is 23.3 Å². The van der Waals surface area contributed by atoms with Crippen LogP contribution in [0.3, 0.4) is 0 Å². The van der Waals surface area contributed by atoms with Crippen molar-refractivity contribution in [3.05, 3.63) is 23.3 Å². The molecule has 0 spiro atoms. The number of ether oxygens (including phenoxy) is 1. The van der Waals surface area contributed by atoms with Crippen LogP contribution in [-0.2, 0) is 9.53 Å². The molecule has 0 aliphatic carbocycles. The van der Waals surface area contributed by atoms with Gasteiger partial charge in [-0.3, -0.25) is 4.79 Å². The van der Waals surface area contributed by atoms with E-state index in [0.717, 1.165) is 12.0 Å². The van der Waals surface area contributed by atoms with Gasteiger partial charge in [0.25, 0.3) is 0 Å². The van der Waals surface area contributed by atoms with Crippen LogP contribution < -0.4 is 0 Å². The van der Waals surface area contributed by atoms with E-state index in [1.165, 1.54) is 12.5 Å². The molecule has 0 aromatic rings. The maximum Gasteiger partial charge on any atom is 0.303 e. The molecule has 0 aliphatic rings. The van der Waals surface area contributed by atoms with Gasteiger partial charge in [-0.2, -0.15) is 0 Å². The zero-order valence-corrected chi connectivity index (χ0v) is 9.76. The second-order valence-electron chi connectivity index (χ2n) is 3.65. The van der Waals surface area contributed by atoms with Crippen LogP contribution in [0.4, 0.5) is 0 Å². The Morgan fingerprint density at radius 1 is 1.29 bits per heavy atom. The summed E-state index contributed by atoms with van der Waals surface area (Å²) in [7, 11) is 0. The highest BCUT2D eigenvalue weighted by Gasteiger charge is 2.11. The smallest absolute Gasteiger partial charge is 0.303 e. The molecule has 0 saturated heterocycles. The lowest BCUT2D eigenvalue weighted by molar-refractivity contribution is -0.144. The van der Waals surface area contributed by atoms with Crippen molar-refractivity contribution in [2.75, 3.05) is 0 Å². The van der Waals surface area contributed by atoms with Gasteiger partial charge >= 0.3 is 5.97 Å². The Morgan fingerprint density at radius 2 is 1.86 bits per heavy atom. The number of hydrogen-bond donors (Lipinski definition) is 0. The largest absolute Gasteiger partial charge is 0.458 e. The Labute approximate surface area is 86.6 Å². The second-order valence-corrected chi connectivity index (χ2v) is 3.65. The molecule has 0 aliphatic heterocycles. The standard InChI is InChI=1S/C12H20O2/c1-6-10(4)12(14-11(5)13)8-7-9(2)3/h6-7,12H,8H2,1-5H3. The first-order chi connectivity index (χ1) is 6.47. The van der Waals surface area contributed by atoms with E-state index < -0.39 is 0 Å². The van der Waals surface area contributed by atoms with Gasteiger partial charge in [0.1, 0.15) is 6.10 Å². The van der Waals surface area contributed by atoms with Crippen LogP contribution in [0, 0.1) is 0 Å². The van der Waals surface area contributed by atoms with E-state index in [9.17, 15) is 4.79 Å². The molecule has 14 heavy (non-hydrogen) atoms. The number of allylic oxidation sites excluding steroid dienone is 2. The molecule has 0 heterocycles. The molecular weight excluding hydrogens is 176 g/mol. The predicted octanol–water partition coefficient (Wildman–Crippen LogP) is 3.24. The molecule has 0 N–H and O–H groups in total. The lowest BCUT2D eigenvalue weighted by Gasteiger charge is -2.16. The van der Waals surface area contributed by atoms with E-state index in [2.05, 4.69) is 6.08 Å². The summed E-state index contributed by atoms with van der Waals surface area (Å²) in [6.45, 7) is 9.45. The third kappa shape index (κ3) is 5.57. The minimum absolute atomic E-state index is 0.104. The van der Waals surface area contributed by atoms with Gasteiger partial charge in [-0.05, 0) is 33.3 Å². The fourth-order valence-electron chi connectivity index (χ4n) is 1.06. The van der Waals surface area contributed by atoms with Gasteiger partial charge in [0.2, 0.25) is 0 Å². The minimum Gasteiger partial charge on any atom is -0.458 e.